The first-order valence-electron chi connectivity index (χ1n) is 6.12. The van der Waals surface area contributed by atoms with E-state index in [1.54, 1.807) is 31.3 Å². The molecular formula is C15H12ClFN2O. The van der Waals surface area contributed by atoms with Crippen LogP contribution in [0.3, 0.4) is 0 Å². The van der Waals surface area contributed by atoms with Crippen LogP contribution >= 0.6 is 11.6 Å². The number of aliphatic hydroxyl groups excluding tert-OH is 1. The molecular weight excluding hydrogens is 279 g/mol. The quantitative estimate of drug-likeness (QED) is 0.785. The standard InChI is InChI=1S/C15H12ClFN2O/c1-19-14(12(16)8-18-19)15(20)11-6-7-13(17)10-5-3-2-4-9(10)11/h2-8,15,20H,1H3. The largest absolute Gasteiger partial charge is 0.382 e. The number of nitrogens with zero attached hydrogens (tertiary/aromatic N) is 2. The van der Waals surface area contributed by atoms with Crippen LogP contribution in [0, 0.1) is 5.82 Å². The summed E-state index contributed by atoms with van der Waals surface area (Å²) in [5.41, 5.74) is 1.09. The minimum absolute atomic E-state index is 0.312. The van der Waals surface area contributed by atoms with Crippen LogP contribution < -0.4 is 0 Å². The van der Waals surface area contributed by atoms with E-state index in [4.69, 9.17) is 11.6 Å². The Labute approximate surface area is 120 Å². The zero-order valence-corrected chi connectivity index (χ0v) is 11.5. The van der Waals surface area contributed by atoms with Crippen LogP contribution in [0.4, 0.5) is 4.39 Å². The van der Waals surface area contributed by atoms with Crippen molar-refractivity contribution in [3.8, 4) is 0 Å². The third-order valence-corrected chi connectivity index (χ3v) is 3.69. The van der Waals surface area contributed by atoms with Crippen molar-refractivity contribution in [1.29, 1.82) is 0 Å². The van der Waals surface area contributed by atoms with Gasteiger partial charge in [-0.25, -0.2) is 4.39 Å². The van der Waals surface area contributed by atoms with Gasteiger partial charge in [0.05, 0.1) is 16.9 Å². The average molecular weight is 291 g/mol. The summed E-state index contributed by atoms with van der Waals surface area (Å²) in [7, 11) is 1.70. The highest BCUT2D eigenvalue weighted by Crippen LogP contribution is 2.32. The third kappa shape index (κ3) is 1.97. The van der Waals surface area contributed by atoms with Crippen LogP contribution in [-0.4, -0.2) is 14.9 Å². The molecule has 0 fully saturated rings. The lowest BCUT2D eigenvalue weighted by Gasteiger charge is -2.15. The summed E-state index contributed by atoms with van der Waals surface area (Å²) in [6.45, 7) is 0. The number of halogens is 2. The second-order valence-corrected chi connectivity index (χ2v) is 4.99. The molecule has 3 aromatic rings. The molecule has 1 unspecified atom stereocenters. The van der Waals surface area contributed by atoms with Crippen LogP contribution in [0.15, 0.2) is 42.6 Å². The molecule has 0 bridgehead atoms. The molecule has 0 saturated carbocycles. The minimum atomic E-state index is -0.958. The summed E-state index contributed by atoms with van der Waals surface area (Å²) in [6.07, 6.45) is 0.520. The fourth-order valence-corrected chi connectivity index (χ4v) is 2.67. The Hall–Kier alpha value is -1.91. The Bertz CT molecular complexity index is 765. The maximum Gasteiger partial charge on any atom is 0.131 e. The SMILES string of the molecule is Cn1ncc(Cl)c1C(O)c1ccc(F)c2ccccc12. The van der Waals surface area contributed by atoms with E-state index in [2.05, 4.69) is 5.10 Å². The first kappa shape index (κ1) is 13.1. The molecule has 0 saturated heterocycles. The minimum Gasteiger partial charge on any atom is -0.382 e. The number of hydrogen-bond acceptors (Lipinski definition) is 2. The van der Waals surface area contributed by atoms with E-state index >= 15 is 0 Å². The monoisotopic (exact) mass is 290 g/mol. The van der Waals surface area contributed by atoms with Crippen molar-refractivity contribution in [1.82, 2.24) is 9.78 Å². The van der Waals surface area contributed by atoms with E-state index in [9.17, 15) is 9.50 Å². The molecule has 1 aromatic heterocycles. The fourth-order valence-electron chi connectivity index (χ4n) is 2.40. The zero-order chi connectivity index (χ0) is 14.3. The van der Waals surface area contributed by atoms with E-state index in [1.807, 2.05) is 6.07 Å². The van der Waals surface area contributed by atoms with Crippen molar-refractivity contribution in [2.24, 2.45) is 7.05 Å². The zero-order valence-electron chi connectivity index (χ0n) is 10.7. The van der Waals surface area contributed by atoms with Gasteiger partial charge in [-0.2, -0.15) is 5.10 Å². The highest BCUT2D eigenvalue weighted by molar-refractivity contribution is 6.31. The molecule has 0 radical (unpaired) electrons. The molecule has 102 valence electrons. The number of hydrogen-bond donors (Lipinski definition) is 1. The molecule has 0 spiro atoms. The van der Waals surface area contributed by atoms with Gasteiger partial charge in [0.25, 0.3) is 0 Å². The predicted octanol–water partition coefficient (Wildman–Crippen LogP) is 3.45. The number of aryl methyl sites for hydroxylation is 1. The molecule has 1 heterocycles. The van der Waals surface area contributed by atoms with E-state index in [0.29, 0.717) is 27.1 Å². The molecule has 2 aromatic carbocycles. The lowest BCUT2D eigenvalue weighted by Crippen LogP contribution is -2.08. The van der Waals surface area contributed by atoms with Crippen LogP contribution in [0.25, 0.3) is 10.8 Å². The Morgan fingerprint density at radius 3 is 2.55 bits per heavy atom. The first-order chi connectivity index (χ1) is 9.59. The predicted molar refractivity (Wildman–Crippen MR) is 76.2 cm³/mol. The molecule has 1 N–H and O–H groups in total. The van der Waals surface area contributed by atoms with E-state index in [0.717, 1.165) is 0 Å². The van der Waals surface area contributed by atoms with E-state index in [1.165, 1.54) is 16.9 Å². The number of aromatic nitrogens is 2. The van der Waals surface area contributed by atoms with E-state index in [-0.39, 0.29) is 5.82 Å². The maximum absolute atomic E-state index is 13.8. The molecule has 0 aliphatic heterocycles. The Balaban J connectivity index is 2.23. The van der Waals surface area contributed by atoms with E-state index < -0.39 is 6.10 Å². The topological polar surface area (TPSA) is 38.0 Å². The van der Waals surface area contributed by atoms with Gasteiger partial charge in [-0.3, -0.25) is 4.68 Å². The van der Waals surface area contributed by atoms with Crippen LogP contribution in [0.1, 0.15) is 17.4 Å². The summed E-state index contributed by atoms with van der Waals surface area (Å²) in [6, 6.07) is 9.96. The van der Waals surface area contributed by atoms with Crippen molar-refractivity contribution in [2.45, 2.75) is 6.10 Å². The van der Waals surface area contributed by atoms with Gasteiger partial charge in [0.1, 0.15) is 11.9 Å². The smallest absolute Gasteiger partial charge is 0.131 e. The second kappa shape index (κ2) is 4.89. The van der Waals surface area contributed by atoms with Gasteiger partial charge in [-0.05, 0) is 17.0 Å². The molecule has 0 aliphatic rings. The van der Waals surface area contributed by atoms with Crippen molar-refractivity contribution in [3.63, 3.8) is 0 Å². The normalized spacial score (nSPS) is 12.8. The Kier molecular flexibility index (Phi) is 3.20. The van der Waals surface area contributed by atoms with Gasteiger partial charge >= 0.3 is 0 Å². The molecule has 3 rings (SSSR count). The summed E-state index contributed by atoms with van der Waals surface area (Å²) in [5.74, 6) is -0.312. The third-order valence-electron chi connectivity index (χ3n) is 3.40. The molecule has 0 aliphatic carbocycles. The Morgan fingerprint density at radius 1 is 1.20 bits per heavy atom. The van der Waals surface area contributed by atoms with Gasteiger partial charge in [0, 0.05) is 12.4 Å². The van der Waals surface area contributed by atoms with Crippen molar-refractivity contribution < 1.29 is 9.50 Å². The molecule has 5 heteroatoms. The fraction of sp³-hybridized carbons (Fsp3) is 0.133. The maximum atomic E-state index is 13.8. The van der Waals surface area contributed by atoms with Gasteiger partial charge in [0.15, 0.2) is 0 Å². The summed E-state index contributed by atoms with van der Waals surface area (Å²) >= 11 is 6.05. The van der Waals surface area contributed by atoms with Gasteiger partial charge in [-0.1, -0.05) is 41.9 Å². The molecule has 20 heavy (non-hydrogen) atoms. The van der Waals surface area contributed by atoms with Crippen LogP contribution in [-0.2, 0) is 7.05 Å². The number of benzene rings is 2. The molecule has 1 atom stereocenters. The van der Waals surface area contributed by atoms with Crippen LogP contribution in [0.5, 0.6) is 0 Å². The Morgan fingerprint density at radius 2 is 1.90 bits per heavy atom. The highest BCUT2D eigenvalue weighted by atomic mass is 35.5. The van der Waals surface area contributed by atoms with Crippen molar-refractivity contribution >= 4 is 22.4 Å². The number of rotatable bonds is 2. The second-order valence-electron chi connectivity index (χ2n) is 4.59. The highest BCUT2D eigenvalue weighted by Gasteiger charge is 2.21. The van der Waals surface area contributed by atoms with Crippen LogP contribution in [0.2, 0.25) is 5.02 Å². The molecule has 3 nitrogen and oxygen atoms in total. The summed E-state index contributed by atoms with van der Waals surface area (Å²) in [4.78, 5) is 0. The van der Waals surface area contributed by atoms with Gasteiger partial charge < -0.3 is 5.11 Å². The molecule has 0 amide bonds. The number of aliphatic hydroxyl groups is 1. The summed E-state index contributed by atoms with van der Waals surface area (Å²) in [5, 5.41) is 16.1. The average Bonchev–Trinajstić information content (AvgIpc) is 2.78. The summed E-state index contributed by atoms with van der Waals surface area (Å²) < 4.78 is 15.3. The van der Waals surface area contributed by atoms with Crippen molar-refractivity contribution in [2.75, 3.05) is 0 Å². The lowest BCUT2D eigenvalue weighted by molar-refractivity contribution is 0.211. The first-order valence-corrected chi connectivity index (χ1v) is 6.50. The lowest BCUT2D eigenvalue weighted by atomic mass is 9.98. The number of fused-ring (bicyclic) bond motifs is 1. The van der Waals surface area contributed by atoms with Gasteiger partial charge in [-0.15, -0.1) is 0 Å². The van der Waals surface area contributed by atoms with Crippen molar-refractivity contribution in [3.05, 3.63) is 64.7 Å². The van der Waals surface area contributed by atoms with Gasteiger partial charge in [0.2, 0.25) is 0 Å².